The van der Waals surface area contributed by atoms with Crippen LogP contribution in [0.1, 0.15) is 20.7 Å². The summed E-state index contributed by atoms with van der Waals surface area (Å²) >= 11 is 0.882. The molecular formula is C19H17FO5S. The Kier molecular flexibility index (Phi) is 5.90. The van der Waals surface area contributed by atoms with Crippen LogP contribution in [0, 0.1) is 0 Å². The molecule has 0 radical (unpaired) electrons. The second-order valence-electron chi connectivity index (χ2n) is 5.71. The Balaban J connectivity index is 1.63. The van der Waals surface area contributed by atoms with Crippen molar-refractivity contribution in [1.29, 1.82) is 0 Å². The number of benzene rings is 2. The molecule has 136 valence electrons. The van der Waals surface area contributed by atoms with E-state index >= 15 is 0 Å². The molecule has 1 N–H and O–H groups in total. The minimum Gasteiger partial charge on any atom is -0.461 e. The number of aliphatic hydroxyl groups excluding tert-OH is 1. The van der Waals surface area contributed by atoms with Gasteiger partial charge in [0.2, 0.25) is 0 Å². The van der Waals surface area contributed by atoms with Crippen LogP contribution in [0.2, 0.25) is 0 Å². The molecule has 0 amide bonds. The van der Waals surface area contributed by atoms with Gasteiger partial charge < -0.3 is 14.6 Å². The van der Waals surface area contributed by atoms with Crippen LogP contribution in [0.25, 0.3) is 0 Å². The van der Waals surface area contributed by atoms with Gasteiger partial charge in [0.15, 0.2) is 12.3 Å². The zero-order valence-electron chi connectivity index (χ0n) is 13.7. The lowest BCUT2D eigenvalue weighted by Crippen LogP contribution is -2.36. The van der Waals surface area contributed by atoms with Crippen LogP contribution in [0.4, 0.5) is 4.39 Å². The number of thioether (sulfide) groups is 1. The zero-order chi connectivity index (χ0) is 18.5. The molecular weight excluding hydrogens is 359 g/mol. The summed E-state index contributed by atoms with van der Waals surface area (Å²) in [6, 6.07) is 16.6. The summed E-state index contributed by atoms with van der Waals surface area (Å²) in [6.07, 6.45) is -2.96. The highest BCUT2D eigenvalue weighted by Gasteiger charge is 2.47. The summed E-state index contributed by atoms with van der Waals surface area (Å²) < 4.78 is 24.7. The van der Waals surface area contributed by atoms with Crippen LogP contribution < -0.4 is 0 Å². The molecule has 2 aromatic rings. The van der Waals surface area contributed by atoms with Crippen LogP contribution >= 0.6 is 11.8 Å². The molecule has 0 aromatic heterocycles. The zero-order valence-corrected chi connectivity index (χ0v) is 14.5. The molecule has 0 saturated carbocycles. The minimum atomic E-state index is -1.76. The number of hydrogen-bond donors (Lipinski definition) is 1. The highest BCUT2D eigenvalue weighted by Crippen LogP contribution is 2.37. The van der Waals surface area contributed by atoms with Gasteiger partial charge >= 0.3 is 11.9 Å². The number of rotatable bonds is 5. The second-order valence-corrected chi connectivity index (χ2v) is 7.07. The van der Waals surface area contributed by atoms with Gasteiger partial charge in [-0.05, 0) is 24.3 Å². The smallest absolute Gasteiger partial charge is 0.338 e. The molecule has 1 fully saturated rings. The van der Waals surface area contributed by atoms with Gasteiger partial charge in [-0.2, -0.15) is 0 Å². The summed E-state index contributed by atoms with van der Waals surface area (Å²) in [5.41, 5.74) is -0.694. The van der Waals surface area contributed by atoms with Crippen LogP contribution in [-0.4, -0.2) is 46.6 Å². The number of alkyl halides is 1. The van der Waals surface area contributed by atoms with Crippen molar-refractivity contribution in [1.82, 2.24) is 0 Å². The van der Waals surface area contributed by atoms with Gasteiger partial charge in [0, 0.05) is 0 Å². The van der Waals surface area contributed by atoms with E-state index in [4.69, 9.17) is 9.47 Å². The third kappa shape index (κ3) is 4.23. The number of ether oxygens (including phenoxy) is 2. The Labute approximate surface area is 154 Å². The van der Waals surface area contributed by atoms with Crippen molar-refractivity contribution in [3.8, 4) is 0 Å². The number of aliphatic hydroxyl groups is 1. The van der Waals surface area contributed by atoms with Gasteiger partial charge in [-0.1, -0.05) is 36.4 Å². The lowest BCUT2D eigenvalue weighted by molar-refractivity contribution is -0.0112. The molecule has 0 aliphatic carbocycles. The van der Waals surface area contributed by atoms with Gasteiger partial charge in [-0.15, -0.1) is 11.8 Å². The van der Waals surface area contributed by atoms with Crippen molar-refractivity contribution >= 4 is 23.7 Å². The Bertz CT molecular complexity index is 755. The van der Waals surface area contributed by atoms with E-state index in [0.29, 0.717) is 5.56 Å². The highest BCUT2D eigenvalue weighted by molar-refractivity contribution is 8.00. The Hall–Kier alpha value is -2.38. The predicted molar refractivity (Wildman–Crippen MR) is 94.7 cm³/mol. The number of halogens is 1. The van der Waals surface area contributed by atoms with Crippen molar-refractivity contribution in [3.05, 3.63) is 71.8 Å². The molecule has 1 aliphatic heterocycles. The fraction of sp³-hybridized carbons (Fsp3) is 0.263. The molecule has 3 rings (SSSR count). The molecule has 5 nitrogen and oxygen atoms in total. The maximum Gasteiger partial charge on any atom is 0.338 e. The first kappa shape index (κ1) is 18.4. The van der Waals surface area contributed by atoms with E-state index in [1.165, 1.54) is 0 Å². The van der Waals surface area contributed by atoms with Crippen molar-refractivity contribution in [2.75, 3.05) is 6.61 Å². The summed E-state index contributed by atoms with van der Waals surface area (Å²) in [5, 5.41) is 9.07. The Morgan fingerprint density at radius 1 is 0.962 bits per heavy atom. The normalized spacial score (nSPS) is 24.8. The highest BCUT2D eigenvalue weighted by atomic mass is 32.2. The third-order valence-corrected chi connectivity index (χ3v) is 5.20. The minimum absolute atomic E-state index is 0.178. The molecule has 4 atom stereocenters. The standard InChI is InChI=1S/C19H17FO5S/c20-15-16(25-18(22)13-9-5-2-6-10-13)14(26-19(15)23)11-24-17(21)12-7-3-1-4-8-12/h1-10,14-16,19,23H,11H2/t14-,15-,16-,19?/m1/s1. The lowest BCUT2D eigenvalue weighted by atomic mass is 10.1. The van der Waals surface area contributed by atoms with E-state index < -0.39 is 34.9 Å². The van der Waals surface area contributed by atoms with E-state index in [1.54, 1.807) is 60.7 Å². The number of carbonyl (C=O) groups is 2. The topological polar surface area (TPSA) is 72.8 Å². The quantitative estimate of drug-likeness (QED) is 0.809. The number of esters is 2. The van der Waals surface area contributed by atoms with Crippen LogP contribution in [-0.2, 0) is 9.47 Å². The van der Waals surface area contributed by atoms with Gasteiger partial charge in [0.1, 0.15) is 12.0 Å². The predicted octanol–water partition coefficient (Wildman–Crippen LogP) is 2.84. The molecule has 26 heavy (non-hydrogen) atoms. The van der Waals surface area contributed by atoms with Gasteiger partial charge in [0.05, 0.1) is 16.4 Å². The fourth-order valence-corrected chi connectivity index (χ4v) is 3.73. The maximum absolute atomic E-state index is 14.3. The number of hydrogen-bond acceptors (Lipinski definition) is 6. The molecule has 1 heterocycles. The van der Waals surface area contributed by atoms with E-state index in [0.717, 1.165) is 11.8 Å². The van der Waals surface area contributed by atoms with Gasteiger partial charge in [-0.25, -0.2) is 14.0 Å². The van der Waals surface area contributed by atoms with Crippen molar-refractivity contribution < 1.29 is 28.6 Å². The van der Waals surface area contributed by atoms with E-state index in [9.17, 15) is 19.1 Å². The molecule has 1 saturated heterocycles. The SMILES string of the molecule is O=C(OC[C@H]1SC(O)[C@H](F)[C@@H]1OC(=O)c1ccccc1)c1ccccc1. The summed E-state index contributed by atoms with van der Waals surface area (Å²) in [4.78, 5) is 24.2. The third-order valence-electron chi connectivity index (χ3n) is 3.91. The largest absolute Gasteiger partial charge is 0.461 e. The number of carbonyl (C=O) groups excluding carboxylic acids is 2. The second kappa shape index (κ2) is 8.33. The molecule has 0 bridgehead atoms. The lowest BCUT2D eigenvalue weighted by Gasteiger charge is -2.20. The van der Waals surface area contributed by atoms with Crippen LogP contribution in [0.5, 0.6) is 0 Å². The summed E-state index contributed by atoms with van der Waals surface area (Å²) in [6.45, 7) is -0.178. The van der Waals surface area contributed by atoms with Crippen molar-refractivity contribution in [2.45, 2.75) is 23.0 Å². The molecule has 0 spiro atoms. The van der Waals surface area contributed by atoms with Crippen molar-refractivity contribution in [2.24, 2.45) is 0 Å². The molecule has 1 unspecified atom stereocenters. The van der Waals surface area contributed by atoms with E-state index in [2.05, 4.69) is 0 Å². The average Bonchev–Trinajstić information content (AvgIpc) is 2.95. The van der Waals surface area contributed by atoms with E-state index in [1.807, 2.05) is 0 Å². The monoisotopic (exact) mass is 376 g/mol. The first-order valence-corrected chi connectivity index (χ1v) is 8.96. The van der Waals surface area contributed by atoms with Crippen molar-refractivity contribution in [3.63, 3.8) is 0 Å². The summed E-state index contributed by atoms with van der Waals surface area (Å²) in [5.74, 6) is -1.25. The average molecular weight is 376 g/mol. The molecule has 7 heteroatoms. The Morgan fingerprint density at radius 3 is 2.08 bits per heavy atom. The maximum atomic E-state index is 14.3. The van der Waals surface area contributed by atoms with Gasteiger partial charge in [0.25, 0.3) is 0 Å². The van der Waals surface area contributed by atoms with Crippen LogP contribution in [0.3, 0.4) is 0 Å². The first-order chi connectivity index (χ1) is 12.6. The first-order valence-electron chi connectivity index (χ1n) is 8.02. The molecule has 1 aliphatic rings. The fourth-order valence-electron chi connectivity index (χ4n) is 2.56. The van der Waals surface area contributed by atoms with Crippen LogP contribution in [0.15, 0.2) is 60.7 Å². The molecule has 2 aromatic carbocycles. The van der Waals surface area contributed by atoms with Gasteiger partial charge in [-0.3, -0.25) is 0 Å². The summed E-state index contributed by atoms with van der Waals surface area (Å²) in [7, 11) is 0. The van der Waals surface area contributed by atoms with E-state index in [-0.39, 0.29) is 12.2 Å². The Morgan fingerprint density at radius 2 is 1.50 bits per heavy atom.